The molecule has 0 aliphatic rings. The maximum atomic E-state index is 11.1. The lowest BCUT2D eigenvalue weighted by Gasteiger charge is -2.10. The van der Waals surface area contributed by atoms with Crippen molar-refractivity contribution in [2.45, 2.75) is 6.92 Å². The molecule has 0 bridgehead atoms. The van der Waals surface area contributed by atoms with E-state index in [0.717, 1.165) is 5.56 Å². The molecule has 98 valence electrons. The Bertz CT molecular complexity index is 637. The Hall–Kier alpha value is -2.56. The van der Waals surface area contributed by atoms with Crippen molar-refractivity contribution in [1.29, 1.82) is 0 Å². The molecule has 5 heteroatoms. The lowest BCUT2D eigenvalue weighted by molar-refractivity contribution is -0.384. The number of benzene rings is 2. The number of aromatic hydroxyl groups is 1. The van der Waals surface area contributed by atoms with E-state index in [-0.39, 0.29) is 11.4 Å². The van der Waals surface area contributed by atoms with Gasteiger partial charge in [-0.05, 0) is 30.7 Å². The number of hydrogen-bond donors (Lipinski definition) is 1. The van der Waals surface area contributed by atoms with Crippen molar-refractivity contribution in [2.24, 2.45) is 0 Å². The second-order valence-electron chi connectivity index (χ2n) is 4.16. The molecular formula is C14H13NO4. The lowest BCUT2D eigenvalue weighted by Crippen LogP contribution is -1.95. The molecule has 0 heterocycles. The Morgan fingerprint density at radius 1 is 1.16 bits per heavy atom. The van der Waals surface area contributed by atoms with Crippen LogP contribution in [0, 0.1) is 17.0 Å². The van der Waals surface area contributed by atoms with Gasteiger partial charge in [-0.3, -0.25) is 10.1 Å². The van der Waals surface area contributed by atoms with Crippen LogP contribution in [0.5, 0.6) is 11.5 Å². The quantitative estimate of drug-likeness (QED) is 0.678. The predicted molar refractivity (Wildman–Crippen MR) is 71.5 cm³/mol. The van der Waals surface area contributed by atoms with Crippen molar-refractivity contribution < 1.29 is 14.8 Å². The number of nitro benzene ring substituents is 1. The molecule has 2 aromatic rings. The summed E-state index contributed by atoms with van der Waals surface area (Å²) < 4.78 is 5.16. The SMILES string of the molecule is COc1cc(O)ccc1-c1ccc(C)cc1[N+](=O)[O-]. The first-order chi connectivity index (χ1) is 9.02. The molecule has 19 heavy (non-hydrogen) atoms. The van der Waals surface area contributed by atoms with Crippen LogP contribution < -0.4 is 4.74 Å². The van der Waals surface area contributed by atoms with Crippen molar-refractivity contribution in [3.05, 3.63) is 52.1 Å². The van der Waals surface area contributed by atoms with E-state index in [2.05, 4.69) is 0 Å². The summed E-state index contributed by atoms with van der Waals surface area (Å²) in [7, 11) is 1.46. The number of nitro groups is 1. The van der Waals surface area contributed by atoms with Gasteiger partial charge < -0.3 is 9.84 Å². The fourth-order valence-electron chi connectivity index (χ4n) is 1.92. The van der Waals surface area contributed by atoms with Gasteiger partial charge in [0.15, 0.2) is 0 Å². The van der Waals surface area contributed by atoms with E-state index in [1.807, 2.05) is 0 Å². The van der Waals surface area contributed by atoms with Crippen molar-refractivity contribution >= 4 is 5.69 Å². The molecule has 1 N–H and O–H groups in total. The standard InChI is InChI=1S/C14H13NO4/c1-9-3-5-11(13(7-9)15(17)18)12-6-4-10(16)8-14(12)19-2/h3-8,16H,1-2H3. The summed E-state index contributed by atoms with van der Waals surface area (Å²) in [6.07, 6.45) is 0. The van der Waals surface area contributed by atoms with Crippen LogP contribution in [0.4, 0.5) is 5.69 Å². The Balaban J connectivity index is 2.68. The Morgan fingerprint density at radius 2 is 1.84 bits per heavy atom. The van der Waals surface area contributed by atoms with Crippen LogP contribution >= 0.6 is 0 Å². The molecular weight excluding hydrogens is 246 g/mol. The van der Waals surface area contributed by atoms with Crippen molar-refractivity contribution in [1.82, 2.24) is 0 Å². The fraction of sp³-hybridized carbons (Fsp3) is 0.143. The van der Waals surface area contributed by atoms with Crippen LogP contribution in [0.2, 0.25) is 0 Å². The zero-order valence-corrected chi connectivity index (χ0v) is 10.6. The van der Waals surface area contributed by atoms with Crippen molar-refractivity contribution in [2.75, 3.05) is 7.11 Å². The normalized spacial score (nSPS) is 10.2. The molecule has 0 fully saturated rings. The number of rotatable bonds is 3. The van der Waals surface area contributed by atoms with Crippen LogP contribution in [-0.2, 0) is 0 Å². The number of nitrogens with zero attached hydrogens (tertiary/aromatic N) is 1. The van der Waals surface area contributed by atoms with Gasteiger partial charge in [0.1, 0.15) is 11.5 Å². The van der Waals surface area contributed by atoms with Crippen LogP contribution in [0.15, 0.2) is 36.4 Å². The Morgan fingerprint density at radius 3 is 2.47 bits per heavy atom. The molecule has 5 nitrogen and oxygen atoms in total. The number of ether oxygens (including phenoxy) is 1. The van der Waals surface area contributed by atoms with Gasteiger partial charge in [-0.1, -0.05) is 6.07 Å². The van der Waals surface area contributed by atoms with E-state index in [1.165, 1.54) is 25.3 Å². The van der Waals surface area contributed by atoms with E-state index in [1.54, 1.807) is 25.1 Å². The summed E-state index contributed by atoms with van der Waals surface area (Å²) in [5, 5.41) is 20.6. The third-order valence-corrected chi connectivity index (χ3v) is 2.83. The summed E-state index contributed by atoms with van der Waals surface area (Å²) in [5.74, 6) is 0.447. The minimum absolute atomic E-state index is 0.0176. The maximum absolute atomic E-state index is 11.1. The highest BCUT2D eigenvalue weighted by molar-refractivity contribution is 5.79. The van der Waals surface area contributed by atoms with Gasteiger partial charge in [0.2, 0.25) is 0 Å². The van der Waals surface area contributed by atoms with Gasteiger partial charge in [-0.2, -0.15) is 0 Å². The zero-order chi connectivity index (χ0) is 14.0. The van der Waals surface area contributed by atoms with E-state index in [4.69, 9.17) is 4.74 Å². The first-order valence-corrected chi connectivity index (χ1v) is 5.65. The van der Waals surface area contributed by atoms with Gasteiger partial charge in [-0.25, -0.2) is 0 Å². The first-order valence-electron chi connectivity index (χ1n) is 5.65. The summed E-state index contributed by atoms with van der Waals surface area (Å²) in [6.45, 7) is 1.80. The highest BCUT2D eigenvalue weighted by Crippen LogP contribution is 2.38. The Kier molecular flexibility index (Phi) is 3.37. The van der Waals surface area contributed by atoms with Crippen LogP contribution in [0.25, 0.3) is 11.1 Å². The number of aryl methyl sites for hydroxylation is 1. The third-order valence-electron chi connectivity index (χ3n) is 2.83. The molecule has 0 spiro atoms. The largest absolute Gasteiger partial charge is 0.508 e. The molecule has 0 amide bonds. The molecule has 0 radical (unpaired) electrons. The Labute approximate surface area is 110 Å². The second kappa shape index (κ2) is 4.97. The van der Waals surface area contributed by atoms with E-state index in [9.17, 15) is 15.2 Å². The molecule has 0 aromatic heterocycles. The van der Waals surface area contributed by atoms with Gasteiger partial charge >= 0.3 is 0 Å². The van der Waals surface area contributed by atoms with Crippen LogP contribution in [0.1, 0.15) is 5.56 Å². The molecule has 0 unspecified atom stereocenters. The van der Waals surface area contributed by atoms with E-state index >= 15 is 0 Å². The number of phenols is 1. The van der Waals surface area contributed by atoms with Gasteiger partial charge in [0, 0.05) is 17.7 Å². The smallest absolute Gasteiger partial charge is 0.277 e. The first kappa shape index (κ1) is 12.9. The van der Waals surface area contributed by atoms with Crippen LogP contribution in [-0.4, -0.2) is 17.1 Å². The summed E-state index contributed by atoms with van der Waals surface area (Å²) in [5.41, 5.74) is 1.87. The molecule has 0 aliphatic heterocycles. The van der Waals surface area contributed by atoms with E-state index < -0.39 is 4.92 Å². The van der Waals surface area contributed by atoms with Gasteiger partial charge in [-0.15, -0.1) is 0 Å². The minimum Gasteiger partial charge on any atom is -0.508 e. The van der Waals surface area contributed by atoms with Crippen LogP contribution in [0.3, 0.4) is 0 Å². The summed E-state index contributed by atoms with van der Waals surface area (Å²) in [4.78, 5) is 10.7. The topological polar surface area (TPSA) is 72.6 Å². The minimum atomic E-state index is -0.422. The highest BCUT2D eigenvalue weighted by Gasteiger charge is 2.18. The average Bonchev–Trinajstić information content (AvgIpc) is 2.38. The van der Waals surface area contributed by atoms with Gasteiger partial charge in [0.25, 0.3) is 5.69 Å². The molecule has 0 aliphatic carbocycles. The van der Waals surface area contributed by atoms with Crippen molar-refractivity contribution in [3.8, 4) is 22.6 Å². The molecule has 0 saturated carbocycles. The third kappa shape index (κ3) is 2.49. The number of methoxy groups -OCH3 is 1. The molecule has 2 aromatic carbocycles. The van der Waals surface area contributed by atoms with Crippen molar-refractivity contribution in [3.63, 3.8) is 0 Å². The molecule has 2 rings (SSSR count). The average molecular weight is 259 g/mol. The lowest BCUT2D eigenvalue weighted by atomic mass is 10.0. The summed E-state index contributed by atoms with van der Waals surface area (Å²) in [6, 6.07) is 9.50. The van der Waals surface area contributed by atoms with Gasteiger partial charge in [0.05, 0.1) is 17.6 Å². The monoisotopic (exact) mass is 259 g/mol. The number of phenolic OH excluding ortho intramolecular Hbond substituents is 1. The fourth-order valence-corrected chi connectivity index (χ4v) is 1.92. The second-order valence-corrected chi connectivity index (χ2v) is 4.16. The maximum Gasteiger partial charge on any atom is 0.277 e. The van der Waals surface area contributed by atoms with E-state index in [0.29, 0.717) is 16.9 Å². The number of hydrogen-bond acceptors (Lipinski definition) is 4. The zero-order valence-electron chi connectivity index (χ0n) is 10.6. The molecule has 0 atom stereocenters. The summed E-state index contributed by atoms with van der Waals surface area (Å²) >= 11 is 0. The predicted octanol–water partition coefficient (Wildman–Crippen LogP) is 3.28. The molecule has 0 saturated heterocycles. The highest BCUT2D eigenvalue weighted by atomic mass is 16.6.